The van der Waals surface area contributed by atoms with Gasteiger partial charge in [0.2, 0.25) is 0 Å². The van der Waals surface area contributed by atoms with Crippen LogP contribution in [0.4, 0.5) is 34.6 Å². The number of benzene rings is 2. The average molecular weight is 295 g/mol. The molecule has 0 aliphatic carbocycles. The van der Waals surface area contributed by atoms with Gasteiger partial charge in [-0.25, -0.2) is 4.39 Å². The summed E-state index contributed by atoms with van der Waals surface area (Å²) in [5.41, 5.74) is 4.75. The topological polar surface area (TPSA) is 61.8 Å². The zero-order chi connectivity index (χ0) is 15.6. The third-order valence-electron chi connectivity index (χ3n) is 2.73. The molecule has 0 spiro atoms. The molecule has 2 aromatic rings. The zero-order valence-corrected chi connectivity index (χ0v) is 10.5. The quantitative estimate of drug-likeness (QED) is 0.649. The highest BCUT2D eigenvalue weighted by Crippen LogP contribution is 2.33. The Morgan fingerprint density at radius 2 is 1.76 bits per heavy atom. The molecule has 0 aliphatic rings. The van der Waals surface area contributed by atoms with Crippen molar-refractivity contribution >= 4 is 17.1 Å². The summed E-state index contributed by atoms with van der Waals surface area (Å²) >= 11 is 0. The monoisotopic (exact) mass is 295 g/mol. The first-order valence-electron chi connectivity index (χ1n) is 5.74. The number of halogens is 4. The van der Waals surface area contributed by atoms with Gasteiger partial charge in [0.1, 0.15) is 11.9 Å². The first-order valence-corrected chi connectivity index (χ1v) is 5.74. The van der Waals surface area contributed by atoms with E-state index < -0.39 is 17.6 Å². The van der Waals surface area contributed by atoms with E-state index in [9.17, 15) is 17.6 Å². The number of nitrogens with zero attached hydrogens (tertiary/aromatic N) is 1. The molecule has 0 aromatic heterocycles. The van der Waals surface area contributed by atoms with Crippen LogP contribution >= 0.6 is 0 Å². The van der Waals surface area contributed by atoms with Crippen LogP contribution in [0.5, 0.6) is 0 Å². The van der Waals surface area contributed by atoms with Crippen LogP contribution in [0.15, 0.2) is 36.4 Å². The highest BCUT2D eigenvalue weighted by atomic mass is 19.4. The second-order valence-corrected chi connectivity index (χ2v) is 4.23. The van der Waals surface area contributed by atoms with E-state index >= 15 is 0 Å². The summed E-state index contributed by atoms with van der Waals surface area (Å²) in [5, 5.41) is 11.4. The van der Waals surface area contributed by atoms with Crippen LogP contribution < -0.4 is 11.1 Å². The minimum absolute atomic E-state index is 0.104. The fourth-order valence-corrected chi connectivity index (χ4v) is 1.71. The number of nitrogens with two attached hydrogens (primary N) is 1. The van der Waals surface area contributed by atoms with Crippen LogP contribution in [0.2, 0.25) is 0 Å². The summed E-state index contributed by atoms with van der Waals surface area (Å²) < 4.78 is 51.5. The van der Waals surface area contributed by atoms with Crippen molar-refractivity contribution in [3.05, 3.63) is 53.3 Å². The summed E-state index contributed by atoms with van der Waals surface area (Å²) in [6.07, 6.45) is -4.58. The lowest BCUT2D eigenvalue weighted by Gasteiger charge is -2.13. The Balaban J connectivity index is 2.43. The fourth-order valence-electron chi connectivity index (χ4n) is 1.71. The van der Waals surface area contributed by atoms with Crippen molar-refractivity contribution in [1.29, 1.82) is 5.26 Å². The number of hydrogen-bond donors (Lipinski definition) is 2. The van der Waals surface area contributed by atoms with Crippen LogP contribution in [0.3, 0.4) is 0 Å². The largest absolute Gasteiger partial charge is 0.416 e. The van der Waals surface area contributed by atoms with E-state index in [4.69, 9.17) is 11.0 Å². The van der Waals surface area contributed by atoms with Gasteiger partial charge in [0.15, 0.2) is 0 Å². The standard InChI is InChI=1S/C14H9F4N3/c15-11-3-1-9(14(16,17)18)6-13(11)21-12-4-2-10(20)5-8(12)7-19/h1-6,21H,20H2. The lowest BCUT2D eigenvalue weighted by atomic mass is 10.1. The van der Waals surface area contributed by atoms with Gasteiger partial charge >= 0.3 is 6.18 Å². The highest BCUT2D eigenvalue weighted by molar-refractivity contribution is 5.70. The van der Waals surface area contributed by atoms with Crippen LogP contribution in [0.25, 0.3) is 0 Å². The van der Waals surface area contributed by atoms with Crippen LogP contribution in [-0.2, 0) is 6.18 Å². The molecule has 7 heteroatoms. The Morgan fingerprint density at radius 1 is 1.05 bits per heavy atom. The highest BCUT2D eigenvalue weighted by Gasteiger charge is 2.31. The molecular formula is C14H9F4N3. The van der Waals surface area contributed by atoms with Gasteiger partial charge in [-0.1, -0.05) is 0 Å². The number of nitrogen functional groups attached to an aromatic ring is 1. The van der Waals surface area contributed by atoms with Gasteiger partial charge in [-0.2, -0.15) is 18.4 Å². The third kappa shape index (κ3) is 3.23. The Kier molecular flexibility index (Phi) is 3.72. The Bertz CT molecular complexity index is 717. The van der Waals surface area contributed by atoms with Gasteiger partial charge in [0, 0.05) is 5.69 Å². The van der Waals surface area contributed by atoms with E-state index in [1.165, 1.54) is 18.2 Å². The molecule has 0 aliphatic heterocycles. The van der Waals surface area contributed by atoms with Crippen molar-refractivity contribution in [1.82, 2.24) is 0 Å². The zero-order valence-electron chi connectivity index (χ0n) is 10.5. The second kappa shape index (κ2) is 5.32. The molecule has 3 nitrogen and oxygen atoms in total. The Morgan fingerprint density at radius 3 is 2.38 bits per heavy atom. The molecule has 0 saturated carbocycles. The van der Waals surface area contributed by atoms with Crippen molar-refractivity contribution in [2.45, 2.75) is 6.18 Å². The molecule has 0 fully saturated rings. The molecule has 0 amide bonds. The van der Waals surface area contributed by atoms with Gasteiger partial charge in [0.25, 0.3) is 0 Å². The lowest BCUT2D eigenvalue weighted by Crippen LogP contribution is -2.06. The number of nitrogens with one attached hydrogen (secondary N) is 1. The minimum Gasteiger partial charge on any atom is -0.399 e. The SMILES string of the molecule is N#Cc1cc(N)ccc1Nc1cc(C(F)(F)F)ccc1F. The summed E-state index contributed by atoms with van der Waals surface area (Å²) in [5.74, 6) is -0.858. The average Bonchev–Trinajstić information content (AvgIpc) is 2.41. The number of anilines is 3. The van der Waals surface area contributed by atoms with Crippen molar-refractivity contribution < 1.29 is 17.6 Å². The number of nitriles is 1. The first kappa shape index (κ1) is 14.7. The van der Waals surface area contributed by atoms with E-state index in [2.05, 4.69) is 5.32 Å². The van der Waals surface area contributed by atoms with E-state index in [1.54, 1.807) is 0 Å². The van der Waals surface area contributed by atoms with Gasteiger partial charge in [-0.3, -0.25) is 0 Å². The minimum atomic E-state index is -4.58. The molecule has 3 N–H and O–H groups in total. The van der Waals surface area contributed by atoms with Crippen molar-refractivity contribution in [2.75, 3.05) is 11.1 Å². The summed E-state index contributed by atoms with van der Waals surface area (Å²) in [6.45, 7) is 0. The van der Waals surface area contributed by atoms with Crippen LogP contribution in [-0.4, -0.2) is 0 Å². The number of alkyl halides is 3. The molecular weight excluding hydrogens is 286 g/mol. The van der Waals surface area contributed by atoms with Crippen LogP contribution in [0.1, 0.15) is 11.1 Å². The predicted octanol–water partition coefficient (Wildman–Crippen LogP) is 4.04. The molecule has 108 valence electrons. The summed E-state index contributed by atoms with van der Waals surface area (Å²) in [6, 6.07) is 8.03. The second-order valence-electron chi connectivity index (χ2n) is 4.23. The fraction of sp³-hybridized carbons (Fsp3) is 0.0714. The van der Waals surface area contributed by atoms with Crippen LogP contribution in [0, 0.1) is 17.1 Å². The van der Waals surface area contributed by atoms with E-state index in [1.807, 2.05) is 6.07 Å². The molecule has 2 rings (SSSR count). The van der Waals surface area contributed by atoms with Crippen molar-refractivity contribution in [3.8, 4) is 6.07 Å². The Labute approximate surface area is 117 Å². The lowest BCUT2D eigenvalue weighted by molar-refractivity contribution is -0.137. The van der Waals surface area contributed by atoms with Gasteiger partial charge < -0.3 is 11.1 Å². The van der Waals surface area contributed by atoms with E-state index in [0.29, 0.717) is 23.9 Å². The molecule has 0 radical (unpaired) electrons. The number of rotatable bonds is 2. The maximum atomic E-state index is 13.6. The first-order chi connectivity index (χ1) is 9.81. The maximum Gasteiger partial charge on any atom is 0.416 e. The molecule has 0 heterocycles. The van der Waals surface area contributed by atoms with E-state index in [-0.39, 0.29) is 16.9 Å². The Hall–Kier alpha value is -2.75. The maximum absolute atomic E-state index is 13.6. The molecule has 0 saturated heterocycles. The molecule has 0 unspecified atom stereocenters. The van der Waals surface area contributed by atoms with Gasteiger partial charge in [-0.05, 0) is 36.4 Å². The number of hydrogen-bond acceptors (Lipinski definition) is 3. The summed E-state index contributed by atoms with van der Waals surface area (Å²) in [7, 11) is 0. The van der Waals surface area contributed by atoms with E-state index in [0.717, 1.165) is 0 Å². The van der Waals surface area contributed by atoms with Crippen molar-refractivity contribution in [3.63, 3.8) is 0 Å². The molecule has 0 atom stereocenters. The molecule has 0 bridgehead atoms. The summed E-state index contributed by atoms with van der Waals surface area (Å²) in [4.78, 5) is 0. The van der Waals surface area contributed by atoms with Crippen molar-refractivity contribution in [2.24, 2.45) is 0 Å². The van der Waals surface area contributed by atoms with Gasteiger partial charge in [0.05, 0.1) is 22.5 Å². The third-order valence-corrected chi connectivity index (χ3v) is 2.73. The normalized spacial score (nSPS) is 11.0. The predicted molar refractivity (Wildman–Crippen MR) is 70.3 cm³/mol. The molecule has 2 aromatic carbocycles. The van der Waals surface area contributed by atoms with Gasteiger partial charge in [-0.15, -0.1) is 0 Å². The smallest absolute Gasteiger partial charge is 0.399 e. The molecule has 21 heavy (non-hydrogen) atoms.